The highest BCUT2D eigenvalue weighted by Gasteiger charge is 2.18. The Kier molecular flexibility index (Phi) is 4.00. The minimum atomic E-state index is 0.694. The first-order valence-corrected chi connectivity index (χ1v) is 7.61. The predicted octanol–water partition coefficient (Wildman–Crippen LogP) is 3.27. The summed E-state index contributed by atoms with van der Waals surface area (Å²) in [6.07, 6.45) is 2.16. The molecule has 0 bridgehead atoms. The predicted molar refractivity (Wildman–Crippen MR) is 88.1 cm³/mol. The molecule has 3 heteroatoms. The number of aryl methyl sites for hydroxylation is 1. The average molecular weight is 282 g/mol. The molecule has 0 unspecified atom stereocenters. The van der Waals surface area contributed by atoms with Gasteiger partial charge in [0.05, 0.1) is 6.54 Å². The van der Waals surface area contributed by atoms with Crippen LogP contribution in [0.1, 0.15) is 18.1 Å². The molecular weight excluding hydrogens is 260 g/mol. The molecule has 2 N–H and O–H groups in total. The van der Waals surface area contributed by atoms with Crippen LogP contribution in [0.25, 0.3) is 0 Å². The van der Waals surface area contributed by atoms with E-state index in [2.05, 4.69) is 48.2 Å². The minimum absolute atomic E-state index is 0.694. The van der Waals surface area contributed by atoms with Gasteiger partial charge in [-0.1, -0.05) is 25.1 Å². The molecule has 21 heavy (non-hydrogen) atoms. The molecule has 0 spiro atoms. The number of fused-ring (bicyclic) bond motifs is 1. The van der Waals surface area contributed by atoms with Gasteiger partial charge in [0.2, 0.25) is 0 Å². The van der Waals surface area contributed by atoms with Crippen LogP contribution in [0, 0.1) is 0 Å². The third kappa shape index (κ3) is 3.13. The molecule has 0 fully saturated rings. The van der Waals surface area contributed by atoms with Crippen molar-refractivity contribution in [3.05, 3.63) is 53.6 Å². The van der Waals surface area contributed by atoms with Gasteiger partial charge in [-0.25, -0.2) is 0 Å². The van der Waals surface area contributed by atoms with Crippen molar-refractivity contribution >= 4 is 11.4 Å². The van der Waals surface area contributed by atoms with Gasteiger partial charge < -0.3 is 15.4 Å². The van der Waals surface area contributed by atoms with Crippen molar-refractivity contribution in [2.75, 3.05) is 30.3 Å². The highest BCUT2D eigenvalue weighted by atomic mass is 16.5. The number of nitrogens with zero attached hydrogens (tertiary/aromatic N) is 1. The van der Waals surface area contributed by atoms with Gasteiger partial charge in [0.1, 0.15) is 12.4 Å². The first kappa shape index (κ1) is 13.8. The Morgan fingerprint density at radius 2 is 1.95 bits per heavy atom. The summed E-state index contributed by atoms with van der Waals surface area (Å²) in [5.41, 5.74) is 10.7. The van der Waals surface area contributed by atoms with Crippen LogP contribution in [0.4, 0.5) is 11.4 Å². The molecule has 2 aromatic rings. The van der Waals surface area contributed by atoms with E-state index in [4.69, 9.17) is 10.5 Å². The maximum atomic E-state index is 5.88. The highest BCUT2D eigenvalue weighted by Crippen LogP contribution is 2.29. The second-order valence-electron chi connectivity index (χ2n) is 5.47. The molecule has 1 aliphatic heterocycles. The van der Waals surface area contributed by atoms with Gasteiger partial charge >= 0.3 is 0 Å². The standard InChI is InChI=1S/C18H22N2O/c1-2-14-3-7-17(8-4-14)21-12-11-20-10-9-15-5-6-16(19)13-18(15)20/h3-8,13H,2,9-12,19H2,1H3. The Hall–Kier alpha value is -2.16. The van der Waals surface area contributed by atoms with Crippen LogP contribution in [-0.4, -0.2) is 19.7 Å². The number of hydrogen-bond acceptors (Lipinski definition) is 3. The lowest BCUT2D eigenvalue weighted by molar-refractivity contribution is 0.324. The fraction of sp³-hybridized carbons (Fsp3) is 0.333. The van der Waals surface area contributed by atoms with Gasteiger partial charge in [0.15, 0.2) is 0 Å². The van der Waals surface area contributed by atoms with Crippen LogP contribution < -0.4 is 15.4 Å². The molecule has 0 aromatic heterocycles. The van der Waals surface area contributed by atoms with E-state index < -0.39 is 0 Å². The van der Waals surface area contributed by atoms with Crippen molar-refractivity contribution in [1.29, 1.82) is 0 Å². The van der Waals surface area contributed by atoms with E-state index in [1.54, 1.807) is 0 Å². The second-order valence-corrected chi connectivity index (χ2v) is 5.47. The van der Waals surface area contributed by atoms with Gasteiger partial charge in [-0.3, -0.25) is 0 Å². The molecule has 0 atom stereocenters. The molecule has 0 aliphatic carbocycles. The van der Waals surface area contributed by atoms with E-state index >= 15 is 0 Å². The molecule has 1 aliphatic rings. The van der Waals surface area contributed by atoms with Crippen LogP contribution in [0.5, 0.6) is 5.75 Å². The SMILES string of the molecule is CCc1ccc(OCCN2CCc3ccc(N)cc32)cc1. The Morgan fingerprint density at radius 3 is 2.71 bits per heavy atom. The molecule has 2 aromatic carbocycles. The van der Waals surface area contributed by atoms with Crippen LogP contribution in [0.15, 0.2) is 42.5 Å². The highest BCUT2D eigenvalue weighted by molar-refractivity contribution is 5.64. The van der Waals surface area contributed by atoms with Crippen LogP contribution in [-0.2, 0) is 12.8 Å². The van der Waals surface area contributed by atoms with E-state index in [9.17, 15) is 0 Å². The molecule has 3 rings (SSSR count). The molecule has 0 radical (unpaired) electrons. The zero-order valence-corrected chi connectivity index (χ0v) is 12.5. The summed E-state index contributed by atoms with van der Waals surface area (Å²) in [6, 6.07) is 14.5. The summed E-state index contributed by atoms with van der Waals surface area (Å²) < 4.78 is 5.84. The van der Waals surface area contributed by atoms with E-state index in [1.165, 1.54) is 16.8 Å². The third-order valence-corrected chi connectivity index (χ3v) is 4.06. The monoisotopic (exact) mass is 282 g/mol. The number of anilines is 2. The maximum absolute atomic E-state index is 5.88. The van der Waals surface area contributed by atoms with Gasteiger partial charge in [-0.2, -0.15) is 0 Å². The summed E-state index contributed by atoms with van der Waals surface area (Å²) in [5.74, 6) is 0.944. The number of nitrogen functional groups attached to an aromatic ring is 1. The smallest absolute Gasteiger partial charge is 0.119 e. The molecule has 110 valence electrons. The van der Waals surface area contributed by atoms with E-state index in [1.807, 2.05) is 6.07 Å². The molecule has 3 nitrogen and oxygen atoms in total. The fourth-order valence-corrected chi connectivity index (χ4v) is 2.79. The largest absolute Gasteiger partial charge is 0.492 e. The number of benzene rings is 2. The Morgan fingerprint density at radius 1 is 1.14 bits per heavy atom. The molecular formula is C18H22N2O. The third-order valence-electron chi connectivity index (χ3n) is 4.06. The maximum Gasteiger partial charge on any atom is 0.119 e. The molecule has 1 heterocycles. The first-order chi connectivity index (χ1) is 10.3. The van der Waals surface area contributed by atoms with E-state index in [-0.39, 0.29) is 0 Å². The van der Waals surface area contributed by atoms with Crippen molar-refractivity contribution in [2.24, 2.45) is 0 Å². The van der Waals surface area contributed by atoms with Crippen molar-refractivity contribution < 1.29 is 4.74 Å². The first-order valence-electron chi connectivity index (χ1n) is 7.61. The van der Waals surface area contributed by atoms with Gasteiger partial charge in [0, 0.05) is 17.9 Å². The van der Waals surface area contributed by atoms with E-state index in [0.717, 1.165) is 37.4 Å². The lowest BCUT2D eigenvalue weighted by atomic mass is 10.1. The average Bonchev–Trinajstić information content (AvgIpc) is 2.90. The lowest BCUT2D eigenvalue weighted by Crippen LogP contribution is -2.26. The second kappa shape index (κ2) is 6.08. The van der Waals surface area contributed by atoms with Crippen LogP contribution in [0.2, 0.25) is 0 Å². The van der Waals surface area contributed by atoms with Gasteiger partial charge in [-0.05, 0) is 48.2 Å². The Balaban J connectivity index is 1.56. The Labute approximate surface area is 126 Å². The number of ether oxygens (including phenoxy) is 1. The Bertz CT molecular complexity index is 607. The molecule has 0 saturated heterocycles. The molecule has 0 amide bonds. The van der Waals surface area contributed by atoms with E-state index in [0.29, 0.717) is 6.61 Å². The number of rotatable bonds is 5. The van der Waals surface area contributed by atoms with Gasteiger partial charge in [0.25, 0.3) is 0 Å². The van der Waals surface area contributed by atoms with Gasteiger partial charge in [-0.15, -0.1) is 0 Å². The summed E-state index contributed by atoms with van der Waals surface area (Å²) >= 11 is 0. The minimum Gasteiger partial charge on any atom is -0.492 e. The zero-order valence-electron chi connectivity index (χ0n) is 12.5. The topological polar surface area (TPSA) is 38.5 Å². The van der Waals surface area contributed by atoms with Crippen LogP contribution in [0.3, 0.4) is 0 Å². The fourth-order valence-electron chi connectivity index (χ4n) is 2.79. The molecule has 0 saturated carbocycles. The summed E-state index contributed by atoms with van der Waals surface area (Å²) in [4.78, 5) is 2.35. The zero-order chi connectivity index (χ0) is 14.7. The lowest BCUT2D eigenvalue weighted by Gasteiger charge is -2.20. The van der Waals surface area contributed by atoms with Crippen LogP contribution >= 0.6 is 0 Å². The van der Waals surface area contributed by atoms with Crippen molar-refractivity contribution in [1.82, 2.24) is 0 Å². The summed E-state index contributed by atoms with van der Waals surface area (Å²) in [5, 5.41) is 0. The number of hydrogen-bond donors (Lipinski definition) is 1. The number of nitrogens with two attached hydrogens (primary N) is 1. The normalized spacial score (nSPS) is 13.3. The van der Waals surface area contributed by atoms with Crippen molar-refractivity contribution in [3.8, 4) is 5.75 Å². The van der Waals surface area contributed by atoms with Crippen molar-refractivity contribution in [2.45, 2.75) is 19.8 Å². The quantitative estimate of drug-likeness (QED) is 0.855. The summed E-state index contributed by atoms with van der Waals surface area (Å²) in [6.45, 7) is 4.80. The summed E-state index contributed by atoms with van der Waals surface area (Å²) in [7, 11) is 0. The van der Waals surface area contributed by atoms with Crippen molar-refractivity contribution in [3.63, 3.8) is 0 Å².